The lowest BCUT2D eigenvalue weighted by Gasteiger charge is -2.50. The molecule has 3 heteroatoms. The van der Waals surface area contributed by atoms with Crippen LogP contribution in [0, 0.1) is 5.41 Å². The Morgan fingerprint density at radius 2 is 1.73 bits per heavy atom. The molecule has 0 amide bonds. The van der Waals surface area contributed by atoms with Crippen molar-refractivity contribution >= 4 is 11.4 Å². The first-order chi connectivity index (χ1) is 12.3. The summed E-state index contributed by atoms with van der Waals surface area (Å²) in [6.07, 6.45) is 6.67. The number of aliphatic hydroxyl groups excluding tert-OH is 1. The largest absolute Gasteiger partial charge is 0.508 e. The predicted molar refractivity (Wildman–Crippen MR) is 110 cm³/mol. The van der Waals surface area contributed by atoms with Crippen LogP contribution >= 0.6 is 0 Å². The fourth-order valence-electron chi connectivity index (χ4n) is 4.25. The molecule has 0 saturated heterocycles. The van der Waals surface area contributed by atoms with Crippen LogP contribution in [0.3, 0.4) is 0 Å². The maximum Gasteiger partial charge on any atom is 0.111 e. The molecule has 0 heterocycles. The molecule has 0 saturated carbocycles. The van der Waals surface area contributed by atoms with Gasteiger partial charge in [-0.1, -0.05) is 51.1 Å². The molecule has 0 fully saturated rings. The molecule has 26 heavy (non-hydrogen) atoms. The molecule has 2 atom stereocenters. The number of hydrogen-bond donors (Lipinski definition) is 3. The lowest BCUT2D eigenvalue weighted by atomic mass is 9.53. The molecule has 1 aliphatic carbocycles. The second kappa shape index (κ2) is 6.56. The van der Waals surface area contributed by atoms with Crippen molar-refractivity contribution in [2.45, 2.75) is 38.5 Å². The summed E-state index contributed by atoms with van der Waals surface area (Å²) in [6, 6.07) is 16.2. The van der Waals surface area contributed by atoms with Gasteiger partial charge in [0.15, 0.2) is 0 Å². The molecule has 2 aromatic carbocycles. The summed E-state index contributed by atoms with van der Waals surface area (Å²) in [6.45, 7) is 6.77. The van der Waals surface area contributed by atoms with E-state index in [2.05, 4.69) is 51.1 Å². The van der Waals surface area contributed by atoms with E-state index < -0.39 is 0 Å². The zero-order valence-corrected chi connectivity index (χ0v) is 15.7. The van der Waals surface area contributed by atoms with Crippen molar-refractivity contribution in [2.24, 2.45) is 5.41 Å². The first kappa shape index (κ1) is 18.1. The van der Waals surface area contributed by atoms with Crippen LogP contribution in [0.25, 0.3) is 0 Å². The van der Waals surface area contributed by atoms with Crippen LogP contribution in [-0.2, 0) is 5.41 Å². The number of hydrogen-bond acceptors (Lipinski definition) is 3. The Labute approximate surface area is 156 Å². The van der Waals surface area contributed by atoms with Crippen molar-refractivity contribution in [3.05, 3.63) is 83.6 Å². The summed E-state index contributed by atoms with van der Waals surface area (Å²) in [7, 11) is 0. The average Bonchev–Trinajstić information content (AvgIpc) is 2.62. The Kier molecular flexibility index (Phi) is 4.57. The summed E-state index contributed by atoms with van der Waals surface area (Å²) in [5.74, 6) is 0.550. The summed E-state index contributed by atoms with van der Waals surface area (Å²) in [5, 5.41) is 9.95. The number of benzene rings is 2. The molecular weight excluding hydrogens is 320 g/mol. The number of nitrogens with two attached hydrogens (primary N) is 2. The van der Waals surface area contributed by atoms with Crippen LogP contribution in [0.15, 0.2) is 72.5 Å². The van der Waals surface area contributed by atoms with Gasteiger partial charge >= 0.3 is 0 Å². The van der Waals surface area contributed by atoms with Crippen molar-refractivity contribution < 1.29 is 5.11 Å². The highest BCUT2D eigenvalue weighted by molar-refractivity contribution is 5.47. The fourth-order valence-corrected chi connectivity index (χ4v) is 4.25. The van der Waals surface area contributed by atoms with Gasteiger partial charge < -0.3 is 16.6 Å². The zero-order chi connectivity index (χ0) is 18.9. The van der Waals surface area contributed by atoms with Gasteiger partial charge in [-0.15, -0.1) is 0 Å². The minimum atomic E-state index is -0.205. The SMILES string of the molecule is CC(c1ccc(N)cc1)C1(C(C)(C)c2cccc(N)c2)C=CC(O)=CC1. The van der Waals surface area contributed by atoms with E-state index in [0.29, 0.717) is 5.76 Å². The van der Waals surface area contributed by atoms with Crippen LogP contribution in [-0.4, -0.2) is 5.11 Å². The van der Waals surface area contributed by atoms with Gasteiger partial charge in [0.05, 0.1) is 0 Å². The molecule has 3 nitrogen and oxygen atoms in total. The van der Waals surface area contributed by atoms with Crippen molar-refractivity contribution in [1.29, 1.82) is 0 Å². The third-order valence-electron chi connectivity index (χ3n) is 6.18. The van der Waals surface area contributed by atoms with Crippen LogP contribution < -0.4 is 11.5 Å². The van der Waals surface area contributed by atoms with Gasteiger partial charge in [-0.05, 0) is 65.3 Å². The van der Waals surface area contributed by atoms with Crippen molar-refractivity contribution in [1.82, 2.24) is 0 Å². The molecule has 0 spiro atoms. The van der Waals surface area contributed by atoms with E-state index in [9.17, 15) is 5.11 Å². The molecule has 2 unspecified atom stereocenters. The number of rotatable bonds is 4. The van der Waals surface area contributed by atoms with Crippen molar-refractivity contribution in [2.75, 3.05) is 11.5 Å². The first-order valence-electron chi connectivity index (χ1n) is 9.06. The quantitative estimate of drug-likeness (QED) is 0.655. The fraction of sp³-hybridized carbons (Fsp3) is 0.304. The Morgan fingerprint density at radius 3 is 2.31 bits per heavy atom. The average molecular weight is 348 g/mol. The topological polar surface area (TPSA) is 72.3 Å². The molecule has 5 N–H and O–H groups in total. The normalized spacial score (nSPS) is 21.3. The number of nitrogen functional groups attached to an aromatic ring is 2. The summed E-state index contributed by atoms with van der Waals surface area (Å²) in [4.78, 5) is 0. The van der Waals surface area contributed by atoms with E-state index in [1.165, 1.54) is 11.1 Å². The number of anilines is 2. The van der Waals surface area contributed by atoms with Crippen molar-refractivity contribution in [3.63, 3.8) is 0 Å². The standard InChI is InChI=1S/C23H28N2O/c1-16(17-7-9-19(24)10-8-17)23(13-11-21(26)12-14-23)22(2,3)18-5-4-6-20(25)15-18/h4-13,15-16,26H,14,24-25H2,1-3H3. The van der Waals surface area contributed by atoms with Crippen molar-refractivity contribution in [3.8, 4) is 0 Å². The van der Waals surface area contributed by atoms with Gasteiger partial charge in [0.2, 0.25) is 0 Å². The molecule has 2 aromatic rings. The minimum Gasteiger partial charge on any atom is -0.508 e. The van der Waals surface area contributed by atoms with Gasteiger partial charge in [-0.25, -0.2) is 0 Å². The highest BCUT2D eigenvalue weighted by Crippen LogP contribution is 2.55. The molecule has 1 aliphatic rings. The van der Waals surface area contributed by atoms with Crippen LogP contribution in [0.5, 0.6) is 0 Å². The summed E-state index contributed by atoms with van der Waals surface area (Å²) >= 11 is 0. The van der Waals surface area contributed by atoms with Gasteiger partial charge in [0.25, 0.3) is 0 Å². The smallest absolute Gasteiger partial charge is 0.111 e. The Balaban J connectivity index is 2.13. The van der Waals surface area contributed by atoms with Gasteiger partial charge in [-0.3, -0.25) is 0 Å². The lowest BCUT2D eigenvalue weighted by Crippen LogP contribution is -2.44. The summed E-state index contributed by atoms with van der Waals surface area (Å²) in [5.41, 5.74) is 15.5. The zero-order valence-electron chi connectivity index (χ0n) is 15.7. The monoisotopic (exact) mass is 348 g/mol. The van der Waals surface area contributed by atoms with Gasteiger partial charge in [0.1, 0.15) is 5.76 Å². The molecule has 0 radical (unpaired) electrons. The lowest BCUT2D eigenvalue weighted by molar-refractivity contribution is 0.169. The van der Waals surface area contributed by atoms with E-state index in [1.807, 2.05) is 36.4 Å². The Bertz CT molecular complexity index is 849. The third-order valence-corrected chi connectivity index (χ3v) is 6.18. The number of allylic oxidation sites excluding steroid dienone is 3. The minimum absolute atomic E-state index is 0.198. The Morgan fingerprint density at radius 1 is 1.04 bits per heavy atom. The van der Waals surface area contributed by atoms with E-state index in [0.717, 1.165) is 17.8 Å². The van der Waals surface area contributed by atoms with E-state index in [4.69, 9.17) is 11.5 Å². The summed E-state index contributed by atoms with van der Waals surface area (Å²) < 4.78 is 0. The predicted octanol–water partition coefficient (Wildman–Crippen LogP) is 5.32. The van der Waals surface area contributed by atoms with Crippen LogP contribution in [0.2, 0.25) is 0 Å². The molecule has 0 aromatic heterocycles. The Hall–Kier alpha value is -2.68. The first-order valence-corrected chi connectivity index (χ1v) is 9.06. The van der Waals surface area contributed by atoms with Crippen LogP contribution in [0.4, 0.5) is 11.4 Å². The molecular formula is C23H28N2O. The number of aliphatic hydroxyl groups is 1. The third kappa shape index (κ3) is 2.98. The maximum atomic E-state index is 9.95. The van der Waals surface area contributed by atoms with E-state index >= 15 is 0 Å². The van der Waals surface area contributed by atoms with E-state index in [-0.39, 0.29) is 16.7 Å². The van der Waals surface area contributed by atoms with Gasteiger partial charge in [0, 0.05) is 16.8 Å². The molecule has 3 rings (SSSR count). The molecule has 136 valence electrons. The highest BCUT2D eigenvalue weighted by atomic mass is 16.3. The van der Waals surface area contributed by atoms with Gasteiger partial charge in [-0.2, -0.15) is 0 Å². The highest BCUT2D eigenvalue weighted by Gasteiger charge is 2.48. The molecule has 0 aliphatic heterocycles. The maximum absolute atomic E-state index is 9.95. The second-order valence-corrected chi connectivity index (χ2v) is 7.85. The second-order valence-electron chi connectivity index (χ2n) is 7.85. The van der Waals surface area contributed by atoms with Crippen LogP contribution in [0.1, 0.15) is 44.2 Å². The molecule has 0 bridgehead atoms. The van der Waals surface area contributed by atoms with E-state index in [1.54, 1.807) is 0 Å².